The standard InChI is InChI=1S/C4H11N.C2H6O.H2/c1-4(2,3)5;1-2-3;/h5H2,1-3H3;3H,2H2,1H3;1H. The minimum atomic E-state index is 0. The molecule has 0 aliphatic heterocycles. The third kappa shape index (κ3) is 22400. The first-order valence-electron chi connectivity index (χ1n) is 2.81. The van der Waals surface area contributed by atoms with Gasteiger partial charge in [-0.2, -0.15) is 0 Å². The third-order valence-corrected chi connectivity index (χ3v) is 0. The van der Waals surface area contributed by atoms with Crippen LogP contribution in [0.25, 0.3) is 0 Å². The summed E-state index contributed by atoms with van der Waals surface area (Å²) in [5.41, 5.74) is 5.35. The molecule has 3 N–H and O–H groups in total. The molecule has 0 aliphatic rings. The van der Waals surface area contributed by atoms with E-state index < -0.39 is 0 Å². The van der Waals surface area contributed by atoms with Crippen molar-refractivity contribution in [3.63, 3.8) is 0 Å². The van der Waals surface area contributed by atoms with E-state index in [2.05, 4.69) is 0 Å². The van der Waals surface area contributed by atoms with Crippen molar-refractivity contribution in [1.29, 1.82) is 0 Å². The van der Waals surface area contributed by atoms with Crippen molar-refractivity contribution in [2.75, 3.05) is 6.61 Å². The van der Waals surface area contributed by atoms with Crippen LogP contribution in [0.4, 0.5) is 0 Å². The molecule has 0 atom stereocenters. The highest BCUT2D eigenvalue weighted by atomic mass is 16.2. The van der Waals surface area contributed by atoms with Crippen LogP contribution in [0.15, 0.2) is 0 Å². The molecule has 0 bridgehead atoms. The lowest BCUT2D eigenvalue weighted by Crippen LogP contribution is -2.26. The monoisotopic (exact) mass is 121 g/mol. The topological polar surface area (TPSA) is 46.2 Å². The quantitative estimate of drug-likeness (QED) is 0.502. The maximum atomic E-state index is 7.57. The Balaban J connectivity index is -0.0000000800. The van der Waals surface area contributed by atoms with Crippen molar-refractivity contribution in [1.82, 2.24) is 0 Å². The van der Waals surface area contributed by atoms with Gasteiger partial charge in [0.2, 0.25) is 0 Å². The Morgan fingerprint density at radius 3 is 1.50 bits per heavy atom. The van der Waals surface area contributed by atoms with Crippen molar-refractivity contribution in [3.8, 4) is 0 Å². The van der Waals surface area contributed by atoms with Gasteiger partial charge in [-0.25, -0.2) is 0 Å². The average molecular weight is 121 g/mol. The molecular formula is C6H19NO. The van der Waals surface area contributed by atoms with E-state index in [9.17, 15) is 0 Å². The molecule has 0 rings (SSSR count). The van der Waals surface area contributed by atoms with Crippen LogP contribution in [-0.4, -0.2) is 17.3 Å². The van der Waals surface area contributed by atoms with Gasteiger partial charge in [0.1, 0.15) is 0 Å². The first-order valence-corrected chi connectivity index (χ1v) is 2.81. The third-order valence-electron chi connectivity index (χ3n) is 0. The van der Waals surface area contributed by atoms with Crippen LogP contribution < -0.4 is 5.73 Å². The van der Waals surface area contributed by atoms with Crippen LogP contribution in [0.5, 0.6) is 0 Å². The van der Waals surface area contributed by atoms with E-state index in [4.69, 9.17) is 10.8 Å². The van der Waals surface area contributed by atoms with Crippen molar-refractivity contribution >= 4 is 0 Å². The summed E-state index contributed by atoms with van der Waals surface area (Å²) < 4.78 is 0. The van der Waals surface area contributed by atoms with Gasteiger partial charge in [0.05, 0.1) is 0 Å². The molecule has 0 radical (unpaired) electrons. The number of aliphatic hydroxyl groups is 1. The van der Waals surface area contributed by atoms with Gasteiger partial charge in [-0.15, -0.1) is 0 Å². The maximum absolute atomic E-state index is 7.57. The highest BCUT2D eigenvalue weighted by molar-refractivity contribution is 4.60. The molecule has 0 unspecified atom stereocenters. The first kappa shape index (κ1) is 10.8. The SMILES string of the molecule is CC(C)(C)N.CCO.[HH]. The summed E-state index contributed by atoms with van der Waals surface area (Å²) in [6.07, 6.45) is 0. The molecule has 0 heterocycles. The van der Waals surface area contributed by atoms with Gasteiger partial charge in [0.25, 0.3) is 0 Å². The number of nitrogens with two attached hydrogens (primary N) is 1. The second-order valence-corrected chi connectivity index (χ2v) is 2.68. The van der Waals surface area contributed by atoms with Crippen LogP contribution in [-0.2, 0) is 0 Å². The van der Waals surface area contributed by atoms with Crippen LogP contribution in [0.3, 0.4) is 0 Å². The van der Waals surface area contributed by atoms with Gasteiger partial charge in [-0.1, -0.05) is 0 Å². The molecule has 0 aromatic heterocycles. The molecule has 2 heteroatoms. The second kappa shape index (κ2) is 5.06. The van der Waals surface area contributed by atoms with Gasteiger partial charge in [0, 0.05) is 13.6 Å². The van der Waals surface area contributed by atoms with Crippen molar-refractivity contribution in [3.05, 3.63) is 0 Å². The predicted molar refractivity (Wildman–Crippen MR) is 38.8 cm³/mol. The molecule has 8 heavy (non-hydrogen) atoms. The van der Waals surface area contributed by atoms with E-state index in [0.717, 1.165) is 0 Å². The van der Waals surface area contributed by atoms with E-state index >= 15 is 0 Å². The van der Waals surface area contributed by atoms with E-state index in [1.165, 1.54) is 0 Å². The summed E-state index contributed by atoms with van der Waals surface area (Å²) in [5.74, 6) is 0. The summed E-state index contributed by atoms with van der Waals surface area (Å²) in [4.78, 5) is 0. The normalized spacial score (nSPS) is 9.75. The lowest BCUT2D eigenvalue weighted by molar-refractivity contribution is 0.318. The molecule has 0 spiro atoms. The van der Waals surface area contributed by atoms with E-state index in [1.54, 1.807) is 6.92 Å². The maximum Gasteiger partial charge on any atom is 0.0402 e. The molecule has 54 valence electrons. The fourth-order valence-corrected chi connectivity index (χ4v) is 0. The molecule has 2 nitrogen and oxygen atoms in total. The molecule has 0 saturated carbocycles. The van der Waals surface area contributed by atoms with Crippen molar-refractivity contribution < 1.29 is 6.53 Å². The van der Waals surface area contributed by atoms with Crippen molar-refractivity contribution in [2.24, 2.45) is 5.73 Å². The minimum Gasteiger partial charge on any atom is -0.397 e. The van der Waals surface area contributed by atoms with Gasteiger partial charge in [-0.3, -0.25) is 0 Å². The Bertz CT molecular complexity index is 36.8. The van der Waals surface area contributed by atoms with Crippen LogP contribution in [0.1, 0.15) is 29.1 Å². The second-order valence-electron chi connectivity index (χ2n) is 2.68. The number of aliphatic hydroxyl groups excluding tert-OH is 1. The smallest absolute Gasteiger partial charge is 0.0402 e. The van der Waals surface area contributed by atoms with E-state index in [-0.39, 0.29) is 13.6 Å². The van der Waals surface area contributed by atoms with E-state index in [0.29, 0.717) is 0 Å². The summed E-state index contributed by atoms with van der Waals surface area (Å²) >= 11 is 0. The van der Waals surface area contributed by atoms with Gasteiger partial charge < -0.3 is 10.8 Å². The Morgan fingerprint density at radius 1 is 1.50 bits per heavy atom. The van der Waals surface area contributed by atoms with Gasteiger partial charge in [-0.05, 0) is 27.7 Å². The van der Waals surface area contributed by atoms with Crippen LogP contribution in [0.2, 0.25) is 0 Å². The largest absolute Gasteiger partial charge is 0.397 e. The lowest BCUT2D eigenvalue weighted by atomic mass is 10.1. The minimum absolute atomic E-state index is 0. The molecule has 0 aromatic carbocycles. The van der Waals surface area contributed by atoms with Crippen LogP contribution >= 0.6 is 0 Å². The summed E-state index contributed by atoms with van der Waals surface area (Å²) in [7, 11) is 0. The zero-order valence-corrected chi connectivity index (χ0v) is 6.23. The number of hydrogen-bond donors (Lipinski definition) is 2. The Labute approximate surface area is 53.2 Å². The zero-order valence-electron chi connectivity index (χ0n) is 6.23. The molecule has 0 aromatic rings. The highest BCUT2D eigenvalue weighted by Crippen LogP contribution is 1.88. The summed E-state index contributed by atoms with van der Waals surface area (Å²) in [6, 6.07) is 0. The number of hydrogen-bond acceptors (Lipinski definition) is 2. The van der Waals surface area contributed by atoms with Gasteiger partial charge in [0.15, 0.2) is 0 Å². The Kier molecular flexibility index (Phi) is 6.85. The van der Waals surface area contributed by atoms with Crippen molar-refractivity contribution in [2.45, 2.75) is 33.2 Å². The average Bonchev–Trinajstić information content (AvgIpc) is 1.27. The summed E-state index contributed by atoms with van der Waals surface area (Å²) in [5, 5.41) is 7.57. The number of rotatable bonds is 0. The molecule has 0 saturated heterocycles. The molecular weight excluding hydrogens is 102 g/mol. The molecule has 0 fully saturated rings. The highest BCUT2D eigenvalue weighted by Gasteiger charge is 1.95. The van der Waals surface area contributed by atoms with E-state index in [1.807, 2.05) is 20.8 Å². The fourth-order valence-electron chi connectivity index (χ4n) is 0. The Morgan fingerprint density at radius 2 is 1.50 bits per heavy atom. The Hall–Kier alpha value is -0.0800. The summed E-state index contributed by atoms with van der Waals surface area (Å²) in [6.45, 7) is 7.83. The fraction of sp³-hybridized carbons (Fsp3) is 1.00. The predicted octanol–water partition coefficient (Wildman–Crippen LogP) is 0.988. The molecule has 0 amide bonds. The van der Waals surface area contributed by atoms with Crippen LogP contribution in [0, 0.1) is 0 Å². The lowest BCUT2D eigenvalue weighted by Gasteiger charge is -2.06. The first-order chi connectivity index (χ1) is 3.41. The molecule has 0 aliphatic carbocycles. The zero-order chi connectivity index (χ0) is 7.21. The van der Waals surface area contributed by atoms with Gasteiger partial charge >= 0.3 is 0 Å².